The van der Waals surface area contributed by atoms with Gasteiger partial charge in [-0.05, 0) is 6.92 Å². The number of aromatic nitrogens is 2. The summed E-state index contributed by atoms with van der Waals surface area (Å²) in [7, 11) is 1.78. The second-order valence-corrected chi connectivity index (χ2v) is 1.97. The highest BCUT2D eigenvalue weighted by Crippen LogP contribution is 2.11. The van der Waals surface area contributed by atoms with Crippen molar-refractivity contribution in [3.8, 4) is 0 Å². The summed E-state index contributed by atoms with van der Waals surface area (Å²) in [6.45, 7) is 1.80. The number of hydrogen-bond acceptors (Lipinski definition) is 4. The molecule has 0 unspecified atom stereocenters. The summed E-state index contributed by atoms with van der Waals surface area (Å²) in [6.07, 6.45) is 1.66. The van der Waals surface area contributed by atoms with E-state index in [1.165, 1.54) is 0 Å². The maximum Gasteiger partial charge on any atom is 0.150 e. The van der Waals surface area contributed by atoms with E-state index in [2.05, 4.69) is 15.3 Å². The van der Waals surface area contributed by atoms with E-state index in [-0.39, 0.29) is 0 Å². The molecule has 0 atom stereocenters. The van der Waals surface area contributed by atoms with E-state index in [0.717, 1.165) is 5.69 Å². The molecule has 0 spiro atoms. The Balaban J connectivity index is 3.07. The number of hydrogen-bond donors (Lipinski definition) is 2. The van der Waals surface area contributed by atoms with Gasteiger partial charge in [0.15, 0.2) is 5.82 Å². The SMILES string of the molecule is CNc1cnc(C)nc1N. The van der Waals surface area contributed by atoms with Crippen molar-refractivity contribution in [3.05, 3.63) is 12.0 Å². The minimum absolute atomic E-state index is 0.495. The molecule has 1 rings (SSSR count). The van der Waals surface area contributed by atoms with Crippen LogP contribution in [0.5, 0.6) is 0 Å². The minimum atomic E-state index is 0.495. The van der Waals surface area contributed by atoms with Crippen molar-refractivity contribution in [1.82, 2.24) is 9.97 Å². The predicted molar refractivity (Wildman–Crippen MR) is 40.7 cm³/mol. The van der Waals surface area contributed by atoms with Crippen LogP contribution < -0.4 is 11.1 Å². The highest BCUT2D eigenvalue weighted by Gasteiger charge is 1.96. The summed E-state index contributed by atoms with van der Waals surface area (Å²) < 4.78 is 0. The van der Waals surface area contributed by atoms with Crippen molar-refractivity contribution in [3.63, 3.8) is 0 Å². The molecule has 0 saturated carbocycles. The summed E-state index contributed by atoms with van der Waals surface area (Å²) in [4.78, 5) is 7.91. The van der Waals surface area contributed by atoms with Crippen molar-refractivity contribution in [2.75, 3.05) is 18.1 Å². The maximum atomic E-state index is 5.52. The first kappa shape index (κ1) is 6.80. The maximum absolute atomic E-state index is 5.52. The lowest BCUT2D eigenvalue weighted by Gasteiger charge is -2.01. The van der Waals surface area contributed by atoms with Crippen LogP contribution in [0.25, 0.3) is 0 Å². The van der Waals surface area contributed by atoms with Gasteiger partial charge in [0.1, 0.15) is 5.82 Å². The molecule has 54 valence electrons. The van der Waals surface area contributed by atoms with Gasteiger partial charge in [0.05, 0.1) is 11.9 Å². The molecule has 4 nitrogen and oxygen atoms in total. The van der Waals surface area contributed by atoms with Crippen LogP contribution in [0.4, 0.5) is 11.5 Å². The molecule has 0 aliphatic heterocycles. The molecule has 4 heteroatoms. The van der Waals surface area contributed by atoms with E-state index in [1.807, 2.05) is 0 Å². The largest absolute Gasteiger partial charge is 0.384 e. The molecule has 0 bridgehead atoms. The summed E-state index contributed by atoms with van der Waals surface area (Å²) in [5.41, 5.74) is 6.29. The molecule has 0 radical (unpaired) electrons. The minimum Gasteiger partial charge on any atom is -0.384 e. The smallest absolute Gasteiger partial charge is 0.150 e. The van der Waals surface area contributed by atoms with Crippen LogP contribution in [0.15, 0.2) is 6.20 Å². The number of nitrogens with two attached hydrogens (primary N) is 1. The Bertz CT molecular complexity index is 233. The zero-order chi connectivity index (χ0) is 7.56. The van der Waals surface area contributed by atoms with Crippen LogP contribution in [0, 0.1) is 6.92 Å². The van der Waals surface area contributed by atoms with Crippen molar-refractivity contribution in [2.24, 2.45) is 0 Å². The highest BCUT2D eigenvalue weighted by atomic mass is 15.0. The molecule has 10 heavy (non-hydrogen) atoms. The number of nitrogen functional groups attached to an aromatic ring is 1. The van der Waals surface area contributed by atoms with Crippen molar-refractivity contribution >= 4 is 11.5 Å². The number of nitrogens with one attached hydrogen (secondary N) is 1. The van der Waals surface area contributed by atoms with E-state index in [9.17, 15) is 0 Å². The Morgan fingerprint density at radius 2 is 2.30 bits per heavy atom. The first-order valence-electron chi connectivity index (χ1n) is 3.01. The molecule has 0 aromatic carbocycles. The molecule has 0 fully saturated rings. The van der Waals surface area contributed by atoms with Gasteiger partial charge in [0.25, 0.3) is 0 Å². The zero-order valence-corrected chi connectivity index (χ0v) is 6.05. The normalized spacial score (nSPS) is 9.40. The van der Waals surface area contributed by atoms with E-state index < -0.39 is 0 Å². The zero-order valence-electron chi connectivity index (χ0n) is 6.05. The number of anilines is 2. The first-order chi connectivity index (χ1) is 4.74. The monoisotopic (exact) mass is 138 g/mol. The van der Waals surface area contributed by atoms with E-state index >= 15 is 0 Å². The lowest BCUT2D eigenvalue weighted by molar-refractivity contribution is 1.06. The van der Waals surface area contributed by atoms with Crippen molar-refractivity contribution in [1.29, 1.82) is 0 Å². The summed E-state index contributed by atoms with van der Waals surface area (Å²) >= 11 is 0. The second-order valence-electron chi connectivity index (χ2n) is 1.97. The Kier molecular flexibility index (Phi) is 1.71. The quantitative estimate of drug-likeness (QED) is 0.590. The number of aryl methyl sites for hydroxylation is 1. The Morgan fingerprint density at radius 3 is 2.80 bits per heavy atom. The second kappa shape index (κ2) is 2.51. The van der Waals surface area contributed by atoms with Crippen molar-refractivity contribution < 1.29 is 0 Å². The lowest BCUT2D eigenvalue weighted by atomic mass is 10.4. The molecule has 1 aromatic heterocycles. The van der Waals surface area contributed by atoms with Crippen LogP contribution in [-0.2, 0) is 0 Å². The molecule has 0 aliphatic rings. The van der Waals surface area contributed by atoms with Gasteiger partial charge in [-0.15, -0.1) is 0 Å². The van der Waals surface area contributed by atoms with E-state index in [4.69, 9.17) is 5.73 Å². The number of rotatable bonds is 1. The van der Waals surface area contributed by atoms with Gasteiger partial charge in [-0.1, -0.05) is 0 Å². The van der Waals surface area contributed by atoms with Gasteiger partial charge in [0, 0.05) is 7.05 Å². The molecule has 0 amide bonds. The summed E-state index contributed by atoms with van der Waals surface area (Å²) in [5, 5.41) is 2.87. The van der Waals surface area contributed by atoms with Gasteiger partial charge in [-0.25, -0.2) is 9.97 Å². The fourth-order valence-corrected chi connectivity index (χ4v) is 0.680. The molecule has 1 aromatic rings. The summed E-state index contributed by atoms with van der Waals surface area (Å²) in [5.74, 6) is 1.19. The molecular formula is C6H10N4. The molecule has 0 aliphatic carbocycles. The highest BCUT2D eigenvalue weighted by molar-refractivity contribution is 5.59. The van der Waals surface area contributed by atoms with Gasteiger partial charge in [-0.3, -0.25) is 0 Å². The van der Waals surface area contributed by atoms with Crippen LogP contribution in [-0.4, -0.2) is 17.0 Å². The molecule has 0 saturated heterocycles. The Morgan fingerprint density at radius 1 is 1.60 bits per heavy atom. The topological polar surface area (TPSA) is 63.8 Å². The molecule has 3 N–H and O–H groups in total. The summed E-state index contributed by atoms with van der Waals surface area (Å²) in [6, 6.07) is 0. The van der Waals surface area contributed by atoms with E-state index in [0.29, 0.717) is 11.6 Å². The fourth-order valence-electron chi connectivity index (χ4n) is 0.680. The lowest BCUT2D eigenvalue weighted by Crippen LogP contribution is -2.00. The van der Waals surface area contributed by atoms with Gasteiger partial charge < -0.3 is 11.1 Å². The molecule has 1 heterocycles. The Hall–Kier alpha value is -1.32. The van der Waals surface area contributed by atoms with Gasteiger partial charge in [-0.2, -0.15) is 0 Å². The fraction of sp³-hybridized carbons (Fsp3) is 0.333. The van der Waals surface area contributed by atoms with Crippen molar-refractivity contribution in [2.45, 2.75) is 6.92 Å². The average Bonchev–Trinajstić information content (AvgIpc) is 1.88. The third-order valence-corrected chi connectivity index (χ3v) is 1.21. The predicted octanol–water partition coefficient (Wildman–Crippen LogP) is 0.409. The van der Waals surface area contributed by atoms with Crippen LogP contribution >= 0.6 is 0 Å². The third-order valence-electron chi connectivity index (χ3n) is 1.21. The Labute approximate surface area is 59.5 Å². The van der Waals surface area contributed by atoms with Crippen LogP contribution in [0.1, 0.15) is 5.82 Å². The molecular weight excluding hydrogens is 128 g/mol. The van der Waals surface area contributed by atoms with Gasteiger partial charge in [0.2, 0.25) is 0 Å². The first-order valence-corrected chi connectivity index (χ1v) is 3.01. The van der Waals surface area contributed by atoms with Crippen LogP contribution in [0.3, 0.4) is 0 Å². The third kappa shape index (κ3) is 1.15. The van der Waals surface area contributed by atoms with E-state index in [1.54, 1.807) is 20.2 Å². The average molecular weight is 138 g/mol. The number of nitrogens with zero attached hydrogens (tertiary/aromatic N) is 2. The van der Waals surface area contributed by atoms with Gasteiger partial charge >= 0.3 is 0 Å². The van der Waals surface area contributed by atoms with Crippen LogP contribution in [0.2, 0.25) is 0 Å². The standard InChI is InChI=1S/C6H10N4/c1-4-9-3-5(8-2)6(7)10-4/h3,8H,1-2H3,(H2,7,9,10).